The third kappa shape index (κ3) is 2.70. The minimum Gasteiger partial charge on any atom is -0.478 e. The minimum atomic E-state index is -1.02. The summed E-state index contributed by atoms with van der Waals surface area (Å²) in [4.78, 5) is 15.0. The summed E-state index contributed by atoms with van der Waals surface area (Å²) in [5.74, 6) is -0.272. The van der Waals surface area contributed by atoms with Crippen molar-refractivity contribution in [2.45, 2.75) is 10.8 Å². The normalized spacial score (nSPS) is 9.94. The smallest absolute Gasteiger partial charge is 0.339 e. The number of aromatic nitrogens is 1. The van der Waals surface area contributed by atoms with Crippen molar-refractivity contribution in [1.82, 2.24) is 4.98 Å². The molecule has 0 unspecified atom stereocenters. The van der Waals surface area contributed by atoms with Gasteiger partial charge < -0.3 is 9.52 Å². The van der Waals surface area contributed by atoms with Gasteiger partial charge in [-0.2, -0.15) is 5.26 Å². The summed E-state index contributed by atoms with van der Waals surface area (Å²) in [6, 6.07) is 6.69. The molecule has 0 atom stereocenters. The van der Waals surface area contributed by atoms with Gasteiger partial charge in [-0.05, 0) is 18.2 Å². The molecule has 0 bridgehead atoms. The fourth-order valence-electron chi connectivity index (χ4n) is 1.34. The first-order valence-corrected chi connectivity index (χ1v) is 5.98. The number of carbonyl (C=O) groups is 1. The lowest BCUT2D eigenvalue weighted by Crippen LogP contribution is -1.97. The van der Waals surface area contributed by atoms with Gasteiger partial charge in [-0.1, -0.05) is 11.8 Å². The first kappa shape index (κ1) is 12.2. The molecule has 90 valence electrons. The van der Waals surface area contributed by atoms with Crippen molar-refractivity contribution in [2.24, 2.45) is 0 Å². The number of rotatable bonds is 4. The molecule has 0 aromatic carbocycles. The van der Waals surface area contributed by atoms with Crippen molar-refractivity contribution in [3.05, 3.63) is 47.5 Å². The lowest BCUT2D eigenvalue weighted by atomic mass is 10.3. The molecule has 2 rings (SSSR count). The van der Waals surface area contributed by atoms with Crippen LogP contribution in [-0.4, -0.2) is 16.1 Å². The summed E-state index contributed by atoms with van der Waals surface area (Å²) in [7, 11) is 0. The summed E-state index contributed by atoms with van der Waals surface area (Å²) in [5.41, 5.74) is 0.671. The van der Waals surface area contributed by atoms with Gasteiger partial charge >= 0.3 is 5.97 Å². The van der Waals surface area contributed by atoms with E-state index in [4.69, 9.17) is 14.8 Å². The molecule has 0 aliphatic carbocycles. The van der Waals surface area contributed by atoms with E-state index in [9.17, 15) is 4.79 Å². The first-order valence-electron chi connectivity index (χ1n) is 4.99. The average molecular weight is 260 g/mol. The SMILES string of the molecule is N#Cc1ccnc(SCc2occc2C(=O)O)c1. The number of pyridine rings is 1. The van der Waals surface area contributed by atoms with Gasteiger partial charge in [-0.15, -0.1) is 0 Å². The van der Waals surface area contributed by atoms with E-state index in [0.29, 0.717) is 22.1 Å². The Labute approximate surface area is 107 Å². The number of carboxylic acids is 1. The van der Waals surface area contributed by atoms with Gasteiger partial charge in [0.25, 0.3) is 0 Å². The maximum absolute atomic E-state index is 10.9. The fraction of sp³-hybridized carbons (Fsp3) is 0.0833. The van der Waals surface area contributed by atoms with E-state index in [0.717, 1.165) is 0 Å². The van der Waals surface area contributed by atoms with E-state index >= 15 is 0 Å². The van der Waals surface area contributed by atoms with E-state index in [1.54, 1.807) is 18.3 Å². The predicted molar refractivity (Wildman–Crippen MR) is 64.2 cm³/mol. The van der Waals surface area contributed by atoms with Gasteiger partial charge in [0.1, 0.15) is 11.3 Å². The molecule has 1 N–H and O–H groups in total. The maximum Gasteiger partial charge on any atom is 0.339 e. The largest absolute Gasteiger partial charge is 0.478 e. The zero-order valence-corrected chi connectivity index (χ0v) is 9.98. The van der Waals surface area contributed by atoms with E-state index in [1.807, 2.05) is 6.07 Å². The van der Waals surface area contributed by atoms with Crippen LogP contribution in [0.5, 0.6) is 0 Å². The van der Waals surface area contributed by atoms with Crippen molar-refractivity contribution < 1.29 is 14.3 Å². The van der Waals surface area contributed by atoms with Gasteiger partial charge in [0.05, 0.1) is 28.7 Å². The highest BCUT2D eigenvalue weighted by Crippen LogP contribution is 2.24. The Morgan fingerprint density at radius 1 is 1.56 bits per heavy atom. The third-order valence-corrected chi connectivity index (χ3v) is 3.12. The molecule has 0 aliphatic rings. The van der Waals surface area contributed by atoms with Gasteiger partial charge in [-0.3, -0.25) is 0 Å². The number of hydrogen-bond acceptors (Lipinski definition) is 5. The molecule has 6 heteroatoms. The number of nitrogens with zero attached hydrogens (tertiary/aromatic N) is 2. The van der Waals surface area contributed by atoms with Crippen LogP contribution >= 0.6 is 11.8 Å². The Kier molecular flexibility index (Phi) is 3.65. The molecule has 0 fully saturated rings. The average Bonchev–Trinajstić information content (AvgIpc) is 2.85. The second-order valence-corrected chi connectivity index (χ2v) is 4.34. The van der Waals surface area contributed by atoms with E-state index in [1.165, 1.54) is 24.1 Å². The molecule has 2 aromatic rings. The molecule has 0 aliphatic heterocycles. The molecule has 18 heavy (non-hydrogen) atoms. The van der Waals surface area contributed by atoms with E-state index in [2.05, 4.69) is 4.98 Å². The van der Waals surface area contributed by atoms with Crippen LogP contribution in [0.2, 0.25) is 0 Å². The van der Waals surface area contributed by atoms with Crippen molar-refractivity contribution >= 4 is 17.7 Å². The van der Waals surface area contributed by atoms with Crippen LogP contribution in [0.25, 0.3) is 0 Å². The number of hydrogen-bond donors (Lipinski definition) is 1. The van der Waals surface area contributed by atoms with E-state index in [-0.39, 0.29) is 5.56 Å². The number of nitriles is 1. The second kappa shape index (κ2) is 5.38. The van der Waals surface area contributed by atoms with Crippen LogP contribution in [0.1, 0.15) is 21.7 Å². The molecule has 0 saturated heterocycles. The number of carboxylic acid groups (broad SMARTS) is 1. The molecule has 0 amide bonds. The van der Waals surface area contributed by atoms with Gasteiger partial charge in [0.2, 0.25) is 0 Å². The number of thioether (sulfide) groups is 1. The Morgan fingerprint density at radius 3 is 3.11 bits per heavy atom. The Morgan fingerprint density at radius 2 is 2.39 bits per heavy atom. The van der Waals surface area contributed by atoms with E-state index < -0.39 is 5.97 Å². The molecular formula is C12H8N2O3S. The summed E-state index contributed by atoms with van der Waals surface area (Å²) in [5, 5.41) is 18.3. The number of furan rings is 1. The molecule has 0 radical (unpaired) electrons. The summed E-state index contributed by atoms with van der Waals surface area (Å²) >= 11 is 1.32. The monoisotopic (exact) mass is 260 g/mol. The van der Waals surface area contributed by atoms with Gasteiger partial charge in [0, 0.05) is 6.20 Å². The zero-order chi connectivity index (χ0) is 13.0. The Hall–Kier alpha value is -2.26. The van der Waals surface area contributed by atoms with Crippen molar-refractivity contribution in [3.8, 4) is 6.07 Å². The molecule has 2 aromatic heterocycles. The lowest BCUT2D eigenvalue weighted by molar-refractivity contribution is 0.0695. The van der Waals surface area contributed by atoms with Crippen molar-refractivity contribution in [1.29, 1.82) is 5.26 Å². The standard InChI is InChI=1S/C12H8N2O3S/c13-6-8-1-3-14-11(5-8)18-7-10-9(12(15)16)2-4-17-10/h1-5H,7H2,(H,15,16). The second-order valence-electron chi connectivity index (χ2n) is 3.35. The molecule has 2 heterocycles. The van der Waals surface area contributed by atoms with Crippen LogP contribution in [-0.2, 0) is 5.75 Å². The Bertz CT molecular complexity index is 616. The van der Waals surface area contributed by atoms with Crippen LogP contribution < -0.4 is 0 Å². The minimum absolute atomic E-state index is 0.152. The molecule has 0 saturated carbocycles. The summed E-state index contributed by atoms with van der Waals surface area (Å²) in [6.45, 7) is 0. The maximum atomic E-state index is 10.9. The third-order valence-electron chi connectivity index (χ3n) is 2.19. The summed E-state index contributed by atoms with van der Waals surface area (Å²) in [6.07, 6.45) is 2.89. The molecule has 5 nitrogen and oxygen atoms in total. The van der Waals surface area contributed by atoms with Crippen molar-refractivity contribution in [2.75, 3.05) is 0 Å². The summed E-state index contributed by atoms with van der Waals surface area (Å²) < 4.78 is 5.11. The van der Waals surface area contributed by atoms with Crippen LogP contribution in [0.4, 0.5) is 0 Å². The highest BCUT2D eigenvalue weighted by molar-refractivity contribution is 7.98. The quantitative estimate of drug-likeness (QED) is 0.850. The zero-order valence-electron chi connectivity index (χ0n) is 9.16. The lowest BCUT2D eigenvalue weighted by Gasteiger charge is -2.00. The topological polar surface area (TPSA) is 87.1 Å². The van der Waals surface area contributed by atoms with Crippen molar-refractivity contribution in [3.63, 3.8) is 0 Å². The van der Waals surface area contributed by atoms with Crippen LogP contribution in [0.15, 0.2) is 40.1 Å². The first-order chi connectivity index (χ1) is 8.70. The highest BCUT2D eigenvalue weighted by Gasteiger charge is 2.13. The molecular weight excluding hydrogens is 252 g/mol. The Balaban J connectivity index is 2.09. The van der Waals surface area contributed by atoms with Gasteiger partial charge in [0.15, 0.2) is 0 Å². The van der Waals surface area contributed by atoms with Gasteiger partial charge in [-0.25, -0.2) is 9.78 Å². The van der Waals surface area contributed by atoms with Crippen LogP contribution in [0.3, 0.4) is 0 Å². The highest BCUT2D eigenvalue weighted by atomic mass is 32.2. The number of aromatic carboxylic acids is 1. The molecule has 0 spiro atoms. The van der Waals surface area contributed by atoms with Crippen LogP contribution in [0, 0.1) is 11.3 Å². The fourth-order valence-corrected chi connectivity index (χ4v) is 2.19. The predicted octanol–water partition coefficient (Wildman–Crippen LogP) is 2.54.